The number of aryl methyl sites for hydroxylation is 2. The molecule has 2 aromatic heterocycles. The maximum Gasteiger partial charge on any atom is 0.343 e. The van der Waals surface area contributed by atoms with Crippen molar-refractivity contribution in [2.24, 2.45) is 0 Å². The van der Waals surface area contributed by atoms with Crippen LogP contribution in [-0.4, -0.2) is 28.0 Å². The van der Waals surface area contributed by atoms with Crippen LogP contribution in [0.1, 0.15) is 39.2 Å². The molecule has 2 rings (SSSR count). The summed E-state index contributed by atoms with van der Waals surface area (Å²) >= 11 is 1.02. The number of hydrogen-bond acceptors (Lipinski definition) is 7. The first kappa shape index (κ1) is 14.2. The summed E-state index contributed by atoms with van der Waals surface area (Å²) in [5.74, 6) is -0.442. The molecule has 0 bridgehead atoms. The average molecular weight is 295 g/mol. The smallest absolute Gasteiger partial charge is 0.343 e. The van der Waals surface area contributed by atoms with Gasteiger partial charge in [-0.05, 0) is 32.3 Å². The molecule has 0 aliphatic rings. The van der Waals surface area contributed by atoms with Gasteiger partial charge in [0.1, 0.15) is 16.3 Å². The molecule has 106 valence electrons. The first-order valence-electron chi connectivity index (χ1n) is 5.91. The molecule has 0 spiro atoms. The predicted molar refractivity (Wildman–Crippen MR) is 72.0 cm³/mol. The van der Waals surface area contributed by atoms with Crippen molar-refractivity contribution in [3.05, 3.63) is 28.8 Å². The van der Waals surface area contributed by atoms with Crippen molar-refractivity contribution in [3.63, 3.8) is 0 Å². The third-order valence-electron chi connectivity index (χ3n) is 2.43. The largest absolute Gasteiger partial charge is 0.462 e. The second-order valence-electron chi connectivity index (χ2n) is 3.97. The Balaban J connectivity index is 2.22. The number of hydrogen-bond donors (Lipinski definition) is 1. The van der Waals surface area contributed by atoms with Crippen LogP contribution in [0.5, 0.6) is 0 Å². The normalized spacial score (nSPS) is 10.3. The van der Waals surface area contributed by atoms with Crippen LogP contribution in [0.3, 0.4) is 0 Å². The van der Waals surface area contributed by atoms with Gasteiger partial charge in [-0.3, -0.25) is 4.79 Å². The number of carbonyl (C=O) groups is 2. The topological polar surface area (TPSA) is 94.3 Å². The molecule has 0 aliphatic carbocycles. The lowest BCUT2D eigenvalue weighted by Gasteiger charge is -2.04. The van der Waals surface area contributed by atoms with Crippen LogP contribution in [0.15, 0.2) is 10.6 Å². The highest BCUT2D eigenvalue weighted by molar-refractivity contribution is 7.11. The van der Waals surface area contributed by atoms with Crippen molar-refractivity contribution < 1.29 is 18.8 Å². The Kier molecular flexibility index (Phi) is 4.14. The molecule has 20 heavy (non-hydrogen) atoms. The zero-order valence-corrected chi connectivity index (χ0v) is 12.0. The summed E-state index contributed by atoms with van der Waals surface area (Å²) in [6, 6.07) is 1.51. The predicted octanol–water partition coefficient (Wildman–Crippen LogP) is 2.18. The molecule has 2 aromatic rings. The van der Waals surface area contributed by atoms with Gasteiger partial charge in [0.15, 0.2) is 5.69 Å². The first-order chi connectivity index (χ1) is 9.52. The van der Waals surface area contributed by atoms with Crippen molar-refractivity contribution in [2.75, 3.05) is 11.9 Å². The van der Waals surface area contributed by atoms with Gasteiger partial charge >= 0.3 is 5.97 Å². The van der Waals surface area contributed by atoms with E-state index in [9.17, 15) is 9.59 Å². The fraction of sp³-hybridized carbons (Fsp3) is 0.333. The van der Waals surface area contributed by atoms with Gasteiger partial charge in [-0.2, -0.15) is 4.37 Å². The number of aromatic nitrogens is 2. The van der Waals surface area contributed by atoms with E-state index in [4.69, 9.17) is 9.26 Å². The minimum Gasteiger partial charge on any atom is -0.462 e. The van der Waals surface area contributed by atoms with E-state index >= 15 is 0 Å². The van der Waals surface area contributed by atoms with Gasteiger partial charge in [-0.25, -0.2) is 4.79 Å². The summed E-state index contributed by atoms with van der Waals surface area (Å²) in [7, 11) is 0. The molecule has 0 unspecified atom stereocenters. The summed E-state index contributed by atoms with van der Waals surface area (Å²) in [5, 5.41) is 6.54. The highest BCUT2D eigenvalue weighted by Crippen LogP contribution is 2.25. The Bertz CT molecular complexity index is 647. The number of nitrogens with zero attached hydrogens (tertiary/aromatic N) is 2. The van der Waals surface area contributed by atoms with Crippen LogP contribution in [0.25, 0.3) is 0 Å². The fourth-order valence-corrected chi connectivity index (χ4v) is 2.32. The molecular formula is C12H13N3O4S. The lowest BCUT2D eigenvalue weighted by molar-refractivity contribution is 0.0527. The molecule has 1 N–H and O–H groups in total. The van der Waals surface area contributed by atoms with Crippen LogP contribution in [-0.2, 0) is 4.74 Å². The average Bonchev–Trinajstić information content (AvgIpc) is 2.96. The lowest BCUT2D eigenvalue weighted by atomic mass is 10.2. The monoisotopic (exact) mass is 295 g/mol. The molecule has 8 heteroatoms. The van der Waals surface area contributed by atoms with Crippen molar-refractivity contribution in [2.45, 2.75) is 20.8 Å². The Morgan fingerprint density at radius 1 is 1.45 bits per heavy atom. The molecular weight excluding hydrogens is 282 g/mol. The molecule has 0 aliphatic heterocycles. The number of ether oxygens (including phenoxy) is 1. The number of rotatable bonds is 4. The van der Waals surface area contributed by atoms with Gasteiger partial charge in [-0.15, -0.1) is 0 Å². The summed E-state index contributed by atoms with van der Waals surface area (Å²) in [5.41, 5.74) is 0.925. The number of carbonyl (C=O) groups excluding carboxylic acids is 2. The summed E-state index contributed by atoms with van der Waals surface area (Å²) in [6.07, 6.45) is 0. The number of esters is 1. The molecule has 0 radical (unpaired) electrons. The van der Waals surface area contributed by atoms with Crippen molar-refractivity contribution >= 4 is 28.4 Å². The van der Waals surface area contributed by atoms with E-state index < -0.39 is 11.9 Å². The van der Waals surface area contributed by atoms with Crippen LogP contribution < -0.4 is 5.32 Å². The second-order valence-corrected chi connectivity index (χ2v) is 4.74. The third kappa shape index (κ3) is 2.85. The van der Waals surface area contributed by atoms with E-state index in [0.29, 0.717) is 16.5 Å². The van der Waals surface area contributed by atoms with Crippen LogP contribution in [0.2, 0.25) is 0 Å². The fourth-order valence-electron chi connectivity index (χ4n) is 1.54. The van der Waals surface area contributed by atoms with Crippen molar-refractivity contribution in [3.8, 4) is 0 Å². The zero-order chi connectivity index (χ0) is 14.7. The van der Waals surface area contributed by atoms with E-state index in [1.165, 1.54) is 6.07 Å². The number of anilines is 1. The van der Waals surface area contributed by atoms with Gasteiger partial charge in [-0.1, -0.05) is 5.16 Å². The Labute approximate surface area is 119 Å². The van der Waals surface area contributed by atoms with Crippen LogP contribution >= 0.6 is 11.5 Å². The van der Waals surface area contributed by atoms with Crippen molar-refractivity contribution in [1.82, 2.24) is 9.53 Å². The molecule has 0 saturated heterocycles. The Morgan fingerprint density at radius 2 is 2.20 bits per heavy atom. The quantitative estimate of drug-likeness (QED) is 0.869. The SMILES string of the molecule is CCOC(=O)c1c(C)nsc1NC(=O)c1cc(C)on1. The van der Waals surface area contributed by atoms with E-state index in [1.807, 2.05) is 0 Å². The highest BCUT2D eigenvalue weighted by atomic mass is 32.1. The molecule has 0 saturated carbocycles. The standard InChI is InChI=1S/C12H13N3O4S/c1-4-18-12(17)9-7(3)15-20-11(9)13-10(16)8-5-6(2)19-14-8/h5H,4H2,1-3H3,(H,13,16). The van der Waals surface area contributed by atoms with Gasteiger partial charge < -0.3 is 14.6 Å². The Hall–Kier alpha value is -2.22. The van der Waals surface area contributed by atoms with Gasteiger partial charge in [0.05, 0.1) is 12.3 Å². The molecule has 2 heterocycles. The van der Waals surface area contributed by atoms with E-state index in [2.05, 4.69) is 14.8 Å². The number of nitrogens with one attached hydrogen (secondary N) is 1. The van der Waals surface area contributed by atoms with Crippen LogP contribution in [0.4, 0.5) is 5.00 Å². The van der Waals surface area contributed by atoms with E-state index in [-0.39, 0.29) is 17.9 Å². The molecule has 0 aromatic carbocycles. The summed E-state index contributed by atoms with van der Waals surface area (Å²) < 4.78 is 13.8. The maximum atomic E-state index is 12.0. The third-order valence-corrected chi connectivity index (χ3v) is 3.28. The molecule has 1 amide bonds. The first-order valence-corrected chi connectivity index (χ1v) is 6.68. The molecule has 7 nitrogen and oxygen atoms in total. The van der Waals surface area contributed by atoms with Gasteiger partial charge in [0.25, 0.3) is 5.91 Å². The minimum atomic E-state index is -0.509. The molecule has 0 fully saturated rings. The maximum absolute atomic E-state index is 12.0. The number of amides is 1. The van der Waals surface area contributed by atoms with Crippen LogP contribution in [0, 0.1) is 13.8 Å². The van der Waals surface area contributed by atoms with Crippen molar-refractivity contribution in [1.29, 1.82) is 0 Å². The second kappa shape index (κ2) is 5.83. The van der Waals surface area contributed by atoms with E-state index in [1.54, 1.807) is 20.8 Å². The van der Waals surface area contributed by atoms with E-state index in [0.717, 1.165) is 11.5 Å². The van der Waals surface area contributed by atoms with Gasteiger partial charge in [0, 0.05) is 6.07 Å². The van der Waals surface area contributed by atoms with Gasteiger partial charge in [0.2, 0.25) is 0 Å². The molecule has 0 atom stereocenters. The summed E-state index contributed by atoms with van der Waals surface area (Å²) in [6.45, 7) is 5.33. The Morgan fingerprint density at radius 3 is 2.80 bits per heavy atom. The summed E-state index contributed by atoms with van der Waals surface area (Å²) in [4.78, 5) is 23.8. The minimum absolute atomic E-state index is 0.142. The zero-order valence-electron chi connectivity index (χ0n) is 11.2. The highest BCUT2D eigenvalue weighted by Gasteiger charge is 2.22. The lowest BCUT2D eigenvalue weighted by Crippen LogP contribution is -2.15.